The third-order valence-corrected chi connectivity index (χ3v) is 3.01. The second-order valence-electron chi connectivity index (χ2n) is 4.29. The van der Waals surface area contributed by atoms with E-state index in [-0.39, 0.29) is 5.56 Å². The summed E-state index contributed by atoms with van der Waals surface area (Å²) in [6.45, 7) is 6.40. The fraction of sp³-hybridized carbons (Fsp3) is 0.333. The van der Waals surface area contributed by atoms with Crippen LogP contribution in [0.5, 0.6) is 5.75 Å². The second kappa shape index (κ2) is 5.69. The molecule has 2 aromatic rings. The van der Waals surface area contributed by atoms with E-state index >= 15 is 0 Å². The quantitative estimate of drug-likeness (QED) is 0.917. The van der Waals surface area contributed by atoms with E-state index < -0.39 is 0 Å². The number of aryl methyl sites for hydroxylation is 1. The SMILES string of the molecule is CCOc1ccc(-c2nc(C)c(CC)c(=O)[nH]2)cc1. The molecule has 0 unspecified atom stereocenters. The Morgan fingerprint density at radius 3 is 2.42 bits per heavy atom. The summed E-state index contributed by atoms with van der Waals surface area (Å²) in [6, 6.07) is 7.55. The number of H-pyrrole nitrogens is 1. The highest BCUT2D eigenvalue weighted by Crippen LogP contribution is 2.19. The molecule has 100 valence electrons. The Morgan fingerprint density at radius 2 is 1.89 bits per heavy atom. The minimum atomic E-state index is -0.0566. The van der Waals surface area contributed by atoms with Crippen molar-refractivity contribution in [1.29, 1.82) is 0 Å². The third kappa shape index (κ3) is 2.84. The first-order chi connectivity index (χ1) is 9.15. The van der Waals surface area contributed by atoms with E-state index in [1.165, 1.54) is 0 Å². The van der Waals surface area contributed by atoms with Crippen molar-refractivity contribution in [2.24, 2.45) is 0 Å². The second-order valence-corrected chi connectivity index (χ2v) is 4.29. The topological polar surface area (TPSA) is 55.0 Å². The molecule has 1 N–H and O–H groups in total. The first-order valence-corrected chi connectivity index (χ1v) is 6.48. The summed E-state index contributed by atoms with van der Waals surface area (Å²) in [5.41, 5.74) is 2.36. The Balaban J connectivity index is 2.39. The lowest BCUT2D eigenvalue weighted by Gasteiger charge is -2.07. The molecule has 0 aliphatic carbocycles. The van der Waals surface area contributed by atoms with E-state index in [0.717, 1.165) is 22.6 Å². The normalized spacial score (nSPS) is 10.5. The fourth-order valence-electron chi connectivity index (χ4n) is 2.04. The van der Waals surface area contributed by atoms with E-state index in [9.17, 15) is 4.79 Å². The first-order valence-electron chi connectivity index (χ1n) is 6.48. The van der Waals surface area contributed by atoms with Crippen LogP contribution < -0.4 is 10.3 Å². The van der Waals surface area contributed by atoms with Crippen molar-refractivity contribution in [3.8, 4) is 17.1 Å². The zero-order valence-corrected chi connectivity index (χ0v) is 11.5. The Bertz CT molecular complexity index is 615. The van der Waals surface area contributed by atoms with Gasteiger partial charge in [0.15, 0.2) is 0 Å². The van der Waals surface area contributed by atoms with Crippen LogP contribution in [0.15, 0.2) is 29.1 Å². The number of rotatable bonds is 4. The summed E-state index contributed by atoms with van der Waals surface area (Å²) in [5.74, 6) is 1.42. The summed E-state index contributed by atoms with van der Waals surface area (Å²) in [5, 5.41) is 0. The van der Waals surface area contributed by atoms with Gasteiger partial charge in [0.25, 0.3) is 5.56 Å². The Hall–Kier alpha value is -2.10. The predicted molar refractivity (Wildman–Crippen MR) is 75.6 cm³/mol. The average Bonchev–Trinajstić information content (AvgIpc) is 2.39. The van der Waals surface area contributed by atoms with Crippen LogP contribution in [0.4, 0.5) is 0 Å². The van der Waals surface area contributed by atoms with Gasteiger partial charge < -0.3 is 9.72 Å². The molecule has 0 bridgehead atoms. The van der Waals surface area contributed by atoms with Gasteiger partial charge in [0.2, 0.25) is 0 Å². The highest BCUT2D eigenvalue weighted by atomic mass is 16.5. The smallest absolute Gasteiger partial charge is 0.254 e. The van der Waals surface area contributed by atoms with Gasteiger partial charge in [0, 0.05) is 16.8 Å². The molecule has 0 aliphatic rings. The molecule has 0 radical (unpaired) electrons. The van der Waals surface area contributed by atoms with E-state index in [4.69, 9.17) is 4.74 Å². The summed E-state index contributed by atoms with van der Waals surface area (Å²) < 4.78 is 5.39. The van der Waals surface area contributed by atoms with Crippen LogP contribution in [0.25, 0.3) is 11.4 Å². The molecule has 0 amide bonds. The van der Waals surface area contributed by atoms with Gasteiger partial charge in [-0.25, -0.2) is 4.98 Å². The summed E-state index contributed by atoms with van der Waals surface area (Å²) in [7, 11) is 0. The maximum atomic E-state index is 11.9. The largest absolute Gasteiger partial charge is 0.494 e. The number of ether oxygens (including phenoxy) is 1. The van der Waals surface area contributed by atoms with Gasteiger partial charge in [-0.05, 0) is 44.5 Å². The van der Waals surface area contributed by atoms with Crippen molar-refractivity contribution in [2.45, 2.75) is 27.2 Å². The van der Waals surface area contributed by atoms with Gasteiger partial charge in [-0.2, -0.15) is 0 Å². The van der Waals surface area contributed by atoms with Gasteiger partial charge in [0.05, 0.1) is 6.61 Å². The van der Waals surface area contributed by atoms with Crippen LogP contribution in [0, 0.1) is 6.92 Å². The molecule has 1 aromatic carbocycles. The number of nitrogens with zero attached hydrogens (tertiary/aromatic N) is 1. The molecule has 2 rings (SSSR count). The van der Waals surface area contributed by atoms with Gasteiger partial charge in [-0.3, -0.25) is 4.79 Å². The zero-order valence-electron chi connectivity index (χ0n) is 11.5. The molecule has 0 saturated carbocycles. The van der Waals surface area contributed by atoms with Crippen molar-refractivity contribution in [2.75, 3.05) is 6.61 Å². The zero-order chi connectivity index (χ0) is 13.8. The Kier molecular flexibility index (Phi) is 4.00. The molecule has 4 heteroatoms. The monoisotopic (exact) mass is 258 g/mol. The average molecular weight is 258 g/mol. The van der Waals surface area contributed by atoms with Crippen molar-refractivity contribution >= 4 is 0 Å². The third-order valence-electron chi connectivity index (χ3n) is 3.01. The number of hydrogen-bond acceptors (Lipinski definition) is 3. The lowest BCUT2D eigenvalue weighted by Crippen LogP contribution is -2.16. The molecule has 0 atom stereocenters. The molecule has 1 heterocycles. The summed E-state index contributed by atoms with van der Waals surface area (Å²) >= 11 is 0. The van der Waals surface area contributed by atoms with Crippen LogP contribution in [0.1, 0.15) is 25.1 Å². The summed E-state index contributed by atoms with van der Waals surface area (Å²) in [4.78, 5) is 19.2. The van der Waals surface area contributed by atoms with Crippen molar-refractivity contribution < 1.29 is 4.74 Å². The molecule has 0 fully saturated rings. The van der Waals surface area contributed by atoms with Crippen LogP contribution in [-0.4, -0.2) is 16.6 Å². The Morgan fingerprint density at radius 1 is 1.21 bits per heavy atom. The standard InChI is InChI=1S/C15H18N2O2/c1-4-13-10(3)16-14(17-15(13)18)11-6-8-12(9-7-11)19-5-2/h6-9H,4-5H2,1-3H3,(H,16,17,18). The van der Waals surface area contributed by atoms with E-state index in [0.29, 0.717) is 18.9 Å². The lowest BCUT2D eigenvalue weighted by molar-refractivity contribution is 0.340. The molecule has 0 spiro atoms. The first kappa shape index (κ1) is 13.3. The minimum absolute atomic E-state index is 0.0566. The highest BCUT2D eigenvalue weighted by Gasteiger charge is 2.07. The fourth-order valence-corrected chi connectivity index (χ4v) is 2.04. The van der Waals surface area contributed by atoms with Crippen LogP contribution in [0.3, 0.4) is 0 Å². The number of aromatic nitrogens is 2. The lowest BCUT2D eigenvalue weighted by atomic mass is 10.1. The van der Waals surface area contributed by atoms with Crippen LogP contribution in [0.2, 0.25) is 0 Å². The molecular formula is C15H18N2O2. The molecular weight excluding hydrogens is 240 g/mol. The van der Waals surface area contributed by atoms with E-state index in [1.54, 1.807) is 0 Å². The molecule has 19 heavy (non-hydrogen) atoms. The summed E-state index contributed by atoms with van der Waals surface area (Å²) in [6.07, 6.45) is 0.692. The predicted octanol–water partition coefficient (Wildman–Crippen LogP) is 2.71. The van der Waals surface area contributed by atoms with Crippen LogP contribution in [-0.2, 0) is 6.42 Å². The van der Waals surface area contributed by atoms with Crippen molar-refractivity contribution in [1.82, 2.24) is 9.97 Å². The van der Waals surface area contributed by atoms with Gasteiger partial charge >= 0.3 is 0 Å². The maximum absolute atomic E-state index is 11.9. The highest BCUT2D eigenvalue weighted by molar-refractivity contribution is 5.56. The van der Waals surface area contributed by atoms with E-state index in [1.807, 2.05) is 45.0 Å². The van der Waals surface area contributed by atoms with Crippen molar-refractivity contribution in [3.05, 3.63) is 45.9 Å². The van der Waals surface area contributed by atoms with Gasteiger partial charge in [-0.1, -0.05) is 6.92 Å². The van der Waals surface area contributed by atoms with Crippen LogP contribution >= 0.6 is 0 Å². The van der Waals surface area contributed by atoms with Crippen molar-refractivity contribution in [3.63, 3.8) is 0 Å². The van der Waals surface area contributed by atoms with E-state index in [2.05, 4.69) is 9.97 Å². The number of nitrogens with one attached hydrogen (secondary N) is 1. The van der Waals surface area contributed by atoms with Gasteiger partial charge in [-0.15, -0.1) is 0 Å². The molecule has 0 saturated heterocycles. The minimum Gasteiger partial charge on any atom is -0.494 e. The number of benzene rings is 1. The molecule has 1 aromatic heterocycles. The molecule has 0 aliphatic heterocycles. The van der Waals surface area contributed by atoms with Gasteiger partial charge in [0.1, 0.15) is 11.6 Å². The Labute approximate surface area is 112 Å². The number of hydrogen-bond donors (Lipinski definition) is 1. The number of aromatic amines is 1. The molecule has 4 nitrogen and oxygen atoms in total. The maximum Gasteiger partial charge on any atom is 0.254 e.